The largest absolute Gasteiger partial charge is 0.416 e. The molecule has 2 aliphatic rings. The van der Waals surface area contributed by atoms with Crippen LogP contribution in [0.5, 0.6) is 0 Å². The molecule has 0 radical (unpaired) electrons. The second-order valence-electron chi connectivity index (χ2n) is 9.99. The zero-order chi connectivity index (χ0) is 28.8. The number of sulfonamides is 1. The second-order valence-corrected chi connectivity index (χ2v) is 11.8. The minimum absolute atomic E-state index is 0.0215. The molecule has 0 saturated carbocycles. The smallest absolute Gasteiger partial charge is 0.345 e. The van der Waals surface area contributed by atoms with E-state index in [-0.39, 0.29) is 43.2 Å². The van der Waals surface area contributed by atoms with Crippen LogP contribution in [-0.4, -0.2) is 68.0 Å². The lowest BCUT2D eigenvalue weighted by Crippen LogP contribution is -2.50. The van der Waals surface area contributed by atoms with E-state index >= 15 is 0 Å². The van der Waals surface area contributed by atoms with E-state index in [1.54, 1.807) is 40.1 Å². The van der Waals surface area contributed by atoms with Crippen molar-refractivity contribution >= 4 is 33.7 Å². The number of amidine groups is 1. The number of carbonyl (C=O) groups excluding carboxylic acids is 2. The van der Waals surface area contributed by atoms with Crippen LogP contribution in [0.25, 0.3) is 6.08 Å². The lowest BCUT2D eigenvalue weighted by Gasteiger charge is -2.34. The summed E-state index contributed by atoms with van der Waals surface area (Å²) < 4.78 is 66.8. The van der Waals surface area contributed by atoms with E-state index in [4.69, 9.17) is 0 Å². The van der Waals surface area contributed by atoms with Crippen LogP contribution in [0.3, 0.4) is 0 Å². The van der Waals surface area contributed by atoms with Gasteiger partial charge in [0, 0.05) is 43.7 Å². The molecule has 2 amide bonds. The minimum Gasteiger partial charge on any atom is -0.345 e. The highest BCUT2D eigenvalue weighted by Crippen LogP contribution is 2.34. The lowest BCUT2D eigenvalue weighted by molar-refractivity contribution is -0.137. The Balaban J connectivity index is 1.49. The standard InChI is InChI=1S/C27H29F3N4O4S/c1-17-14-20(24(35)33(3)4)15-18(2)22(17)8-13-39(37,38)34-11-9-26(10-12-34)25(36)31-23(32-26)19-6-5-7-21(16-19)27(28,29)30/h5-8,13-16H,9-12H2,1-4H3,(H,31,32,36). The first kappa shape index (κ1) is 28.5. The lowest BCUT2D eigenvalue weighted by atomic mass is 9.89. The van der Waals surface area contributed by atoms with E-state index in [9.17, 15) is 31.2 Å². The summed E-state index contributed by atoms with van der Waals surface area (Å²) in [6.07, 6.45) is -2.85. The van der Waals surface area contributed by atoms with Crippen molar-refractivity contribution in [1.82, 2.24) is 14.5 Å². The molecule has 12 heteroatoms. The molecule has 4 rings (SSSR count). The van der Waals surface area contributed by atoms with Crippen LogP contribution < -0.4 is 5.32 Å². The maximum Gasteiger partial charge on any atom is 0.416 e. The molecule has 0 aromatic heterocycles. The first-order valence-corrected chi connectivity index (χ1v) is 13.7. The third-order valence-corrected chi connectivity index (χ3v) is 8.57. The quantitative estimate of drug-likeness (QED) is 0.600. The third-order valence-electron chi connectivity index (χ3n) is 7.01. The summed E-state index contributed by atoms with van der Waals surface area (Å²) in [6, 6.07) is 7.97. The van der Waals surface area contributed by atoms with Gasteiger partial charge in [-0.25, -0.2) is 8.42 Å². The van der Waals surface area contributed by atoms with E-state index in [1.807, 2.05) is 0 Å². The number of aryl methyl sites for hydroxylation is 2. The van der Waals surface area contributed by atoms with Crippen molar-refractivity contribution in [3.05, 3.63) is 75.2 Å². The molecule has 2 aromatic rings. The van der Waals surface area contributed by atoms with Gasteiger partial charge < -0.3 is 10.2 Å². The summed E-state index contributed by atoms with van der Waals surface area (Å²) in [7, 11) is -0.523. The molecular formula is C27H29F3N4O4S. The Hall–Kier alpha value is -3.51. The highest BCUT2D eigenvalue weighted by molar-refractivity contribution is 7.92. The molecule has 39 heavy (non-hydrogen) atoms. The number of halogens is 3. The number of amides is 2. The van der Waals surface area contributed by atoms with Gasteiger partial charge in [-0.1, -0.05) is 12.1 Å². The van der Waals surface area contributed by atoms with Crippen LogP contribution >= 0.6 is 0 Å². The van der Waals surface area contributed by atoms with Gasteiger partial charge in [0.05, 0.1) is 5.56 Å². The fourth-order valence-corrected chi connectivity index (χ4v) is 5.98. The molecule has 0 bridgehead atoms. The van der Waals surface area contributed by atoms with Crippen molar-refractivity contribution < 1.29 is 31.2 Å². The van der Waals surface area contributed by atoms with Crippen LogP contribution in [0.4, 0.5) is 13.2 Å². The summed E-state index contributed by atoms with van der Waals surface area (Å²) in [6.45, 7) is 3.64. The molecule has 2 aliphatic heterocycles. The van der Waals surface area contributed by atoms with Gasteiger partial charge in [0.1, 0.15) is 11.4 Å². The first-order valence-electron chi connectivity index (χ1n) is 12.2. The number of alkyl halides is 3. The van der Waals surface area contributed by atoms with Gasteiger partial charge in [0.2, 0.25) is 10.0 Å². The minimum atomic E-state index is -4.53. The summed E-state index contributed by atoms with van der Waals surface area (Å²) >= 11 is 0. The molecule has 0 aliphatic carbocycles. The van der Waals surface area contributed by atoms with E-state index in [1.165, 1.54) is 27.4 Å². The Morgan fingerprint density at radius 3 is 2.28 bits per heavy atom. The molecule has 1 saturated heterocycles. The molecule has 2 heterocycles. The van der Waals surface area contributed by atoms with Crippen molar-refractivity contribution in [3.8, 4) is 0 Å². The van der Waals surface area contributed by atoms with Gasteiger partial charge in [-0.3, -0.25) is 14.6 Å². The SMILES string of the molecule is Cc1cc(C(=O)N(C)C)cc(C)c1C=CS(=O)(=O)N1CCC2(CC1)N=C(c1cccc(C(F)(F)F)c1)NC2=O. The van der Waals surface area contributed by atoms with Gasteiger partial charge in [0.25, 0.3) is 11.8 Å². The average Bonchev–Trinajstić information content (AvgIpc) is 3.18. The maximum absolute atomic E-state index is 13.1. The van der Waals surface area contributed by atoms with Crippen LogP contribution in [0.15, 0.2) is 46.8 Å². The number of aliphatic imine (C=N–C) groups is 1. The molecule has 1 fully saturated rings. The molecular weight excluding hydrogens is 533 g/mol. The highest BCUT2D eigenvalue weighted by atomic mass is 32.2. The van der Waals surface area contributed by atoms with E-state index in [0.717, 1.165) is 28.7 Å². The second kappa shape index (κ2) is 10.2. The van der Waals surface area contributed by atoms with Crippen LogP contribution in [0, 0.1) is 13.8 Å². The van der Waals surface area contributed by atoms with Crippen molar-refractivity contribution in [1.29, 1.82) is 0 Å². The summed E-state index contributed by atoms with van der Waals surface area (Å²) in [4.78, 5) is 31.0. The fourth-order valence-electron chi connectivity index (χ4n) is 4.80. The Labute approximate surface area is 225 Å². The third kappa shape index (κ3) is 5.76. The molecule has 0 unspecified atom stereocenters. The zero-order valence-corrected chi connectivity index (χ0v) is 22.8. The van der Waals surface area contributed by atoms with Gasteiger partial charge >= 0.3 is 6.18 Å². The molecule has 0 atom stereocenters. The number of hydrogen-bond acceptors (Lipinski definition) is 5. The summed E-state index contributed by atoms with van der Waals surface area (Å²) in [5, 5.41) is 3.69. The number of piperidine rings is 1. The van der Waals surface area contributed by atoms with Crippen molar-refractivity contribution in [2.45, 2.75) is 38.4 Å². The Morgan fingerprint density at radius 2 is 1.72 bits per heavy atom. The van der Waals surface area contributed by atoms with Crippen molar-refractivity contribution in [3.63, 3.8) is 0 Å². The predicted octanol–water partition coefficient (Wildman–Crippen LogP) is 3.74. The molecule has 208 valence electrons. The summed E-state index contributed by atoms with van der Waals surface area (Å²) in [5.41, 5.74) is 0.754. The highest BCUT2D eigenvalue weighted by Gasteiger charge is 2.47. The Morgan fingerprint density at radius 1 is 1.10 bits per heavy atom. The maximum atomic E-state index is 13.1. The van der Waals surface area contributed by atoms with Crippen molar-refractivity contribution in [2.24, 2.45) is 4.99 Å². The monoisotopic (exact) mass is 562 g/mol. The molecule has 1 spiro atoms. The number of benzene rings is 2. The zero-order valence-electron chi connectivity index (χ0n) is 22.0. The molecule has 8 nitrogen and oxygen atoms in total. The number of rotatable bonds is 5. The van der Waals surface area contributed by atoms with Gasteiger partial charge in [-0.2, -0.15) is 17.5 Å². The number of nitrogens with one attached hydrogen (secondary N) is 1. The van der Waals surface area contributed by atoms with Crippen LogP contribution in [0.2, 0.25) is 0 Å². The van der Waals surface area contributed by atoms with Gasteiger partial charge in [-0.15, -0.1) is 0 Å². The van der Waals surface area contributed by atoms with Crippen LogP contribution in [0.1, 0.15) is 51.0 Å². The normalized spacial score (nSPS) is 17.9. The van der Waals surface area contributed by atoms with E-state index in [2.05, 4.69) is 10.3 Å². The molecule has 1 N–H and O–H groups in total. The van der Waals surface area contributed by atoms with E-state index < -0.39 is 33.2 Å². The average molecular weight is 563 g/mol. The van der Waals surface area contributed by atoms with E-state index in [0.29, 0.717) is 11.1 Å². The number of carbonyl (C=O) groups is 2. The fraction of sp³-hybridized carbons (Fsp3) is 0.370. The Bertz CT molecular complexity index is 1470. The van der Waals surface area contributed by atoms with Crippen molar-refractivity contribution in [2.75, 3.05) is 27.2 Å². The summed E-state index contributed by atoms with van der Waals surface area (Å²) in [5.74, 6) is -0.563. The first-order chi connectivity index (χ1) is 18.1. The Kier molecular flexibility index (Phi) is 7.48. The van der Waals surface area contributed by atoms with Gasteiger partial charge in [0.15, 0.2) is 0 Å². The predicted molar refractivity (Wildman–Crippen MR) is 142 cm³/mol. The van der Waals surface area contributed by atoms with Gasteiger partial charge in [-0.05, 0) is 73.7 Å². The number of nitrogens with zero attached hydrogens (tertiary/aromatic N) is 3. The van der Waals surface area contributed by atoms with Crippen LogP contribution in [-0.2, 0) is 21.0 Å². The topological polar surface area (TPSA) is 99.2 Å². The number of hydrogen-bond donors (Lipinski definition) is 1. The molecule has 2 aromatic carbocycles.